The number of aromatic nitrogens is 1. The fourth-order valence-corrected chi connectivity index (χ4v) is 6.20. The normalized spacial score (nSPS) is 14.7. The Hall–Kier alpha value is -3.87. The molecule has 1 aromatic heterocycles. The molecule has 1 aliphatic rings. The van der Waals surface area contributed by atoms with Crippen LogP contribution in [0.3, 0.4) is 0 Å². The van der Waals surface area contributed by atoms with Crippen molar-refractivity contribution in [1.29, 1.82) is 0 Å². The van der Waals surface area contributed by atoms with Crippen molar-refractivity contribution in [2.45, 2.75) is 52.6 Å². The molecule has 0 spiro atoms. The zero-order chi connectivity index (χ0) is 30.2. The third-order valence-electron chi connectivity index (χ3n) is 8.74. The molecule has 0 saturated heterocycles. The van der Waals surface area contributed by atoms with Crippen LogP contribution in [0.1, 0.15) is 59.7 Å². The molecule has 1 aliphatic carbocycles. The van der Waals surface area contributed by atoms with Crippen molar-refractivity contribution in [2.75, 3.05) is 39.9 Å². The van der Waals surface area contributed by atoms with E-state index in [4.69, 9.17) is 9.47 Å². The van der Waals surface area contributed by atoms with Crippen molar-refractivity contribution in [1.82, 2.24) is 14.8 Å². The van der Waals surface area contributed by atoms with Gasteiger partial charge in [-0.05, 0) is 96.9 Å². The number of ether oxygens (including phenoxy) is 2. The van der Waals surface area contributed by atoms with E-state index in [0.717, 1.165) is 63.3 Å². The van der Waals surface area contributed by atoms with Gasteiger partial charge in [-0.1, -0.05) is 56.3 Å². The highest BCUT2D eigenvalue weighted by atomic mass is 16.5. The molecule has 0 fully saturated rings. The van der Waals surface area contributed by atoms with Gasteiger partial charge >= 0.3 is 5.97 Å². The number of fused-ring (bicyclic) bond motifs is 2. The number of H-pyrrole nitrogens is 1. The van der Waals surface area contributed by atoms with Crippen molar-refractivity contribution in [3.05, 3.63) is 106 Å². The fraction of sp³-hybridized carbons (Fsp3) is 0.378. The topological polar surface area (TPSA) is 57.8 Å². The average molecular weight is 580 g/mol. The first kappa shape index (κ1) is 30.6. The maximum absolute atomic E-state index is 11.6. The van der Waals surface area contributed by atoms with E-state index in [-0.39, 0.29) is 5.97 Å². The largest absolute Gasteiger partial charge is 0.492 e. The minimum absolute atomic E-state index is 0.336. The van der Waals surface area contributed by atoms with Crippen LogP contribution in [-0.2, 0) is 28.9 Å². The van der Waals surface area contributed by atoms with Crippen molar-refractivity contribution in [2.24, 2.45) is 0 Å². The maximum Gasteiger partial charge on any atom is 0.330 e. The Morgan fingerprint density at radius 3 is 2.60 bits per heavy atom. The van der Waals surface area contributed by atoms with Gasteiger partial charge in [-0.25, -0.2) is 4.79 Å². The van der Waals surface area contributed by atoms with Crippen molar-refractivity contribution in [3.63, 3.8) is 0 Å². The van der Waals surface area contributed by atoms with E-state index in [1.807, 2.05) is 6.08 Å². The van der Waals surface area contributed by atoms with Crippen LogP contribution in [0, 0.1) is 6.92 Å². The van der Waals surface area contributed by atoms with Crippen LogP contribution >= 0.6 is 0 Å². The first-order valence-corrected chi connectivity index (χ1v) is 15.6. The van der Waals surface area contributed by atoms with Crippen LogP contribution in [0.5, 0.6) is 5.75 Å². The molecule has 6 heteroatoms. The number of benzene rings is 3. The van der Waals surface area contributed by atoms with Crippen molar-refractivity contribution >= 4 is 22.9 Å². The lowest BCUT2D eigenvalue weighted by Gasteiger charge is -2.30. The first-order chi connectivity index (χ1) is 21.0. The van der Waals surface area contributed by atoms with Gasteiger partial charge in [0.1, 0.15) is 12.4 Å². The standard InChI is InChI=1S/C37H45N3O3/c1-5-39(6-2)21-22-43-32-13-8-29(9-14-32)26-40(20-19-31-25-38-35-23-27(3)7-15-33(31)35)36-17-12-30-24-28(10-16-34(30)36)11-18-37(41)42-4/h7-11,13-16,18,23-25,36,38H,5-6,12,17,19-22,26H2,1-4H3/b18-11+. The Bertz CT molecular complexity index is 1530. The molecular weight excluding hydrogens is 534 g/mol. The number of rotatable bonds is 14. The lowest BCUT2D eigenvalue weighted by molar-refractivity contribution is -0.134. The van der Waals surface area contributed by atoms with E-state index in [1.54, 1.807) is 0 Å². The Kier molecular flexibility index (Phi) is 10.3. The molecule has 1 atom stereocenters. The predicted molar refractivity (Wildman–Crippen MR) is 175 cm³/mol. The lowest BCUT2D eigenvalue weighted by Crippen LogP contribution is -2.29. The number of aryl methyl sites for hydroxylation is 2. The zero-order valence-corrected chi connectivity index (χ0v) is 26.1. The number of nitrogens with zero attached hydrogens (tertiary/aromatic N) is 2. The van der Waals surface area contributed by atoms with Crippen LogP contribution in [-0.4, -0.2) is 60.6 Å². The summed E-state index contributed by atoms with van der Waals surface area (Å²) >= 11 is 0. The highest BCUT2D eigenvalue weighted by molar-refractivity contribution is 5.87. The minimum Gasteiger partial charge on any atom is -0.492 e. The van der Waals surface area contributed by atoms with E-state index < -0.39 is 0 Å². The molecule has 1 N–H and O–H groups in total. The molecule has 3 aromatic carbocycles. The van der Waals surface area contributed by atoms with Gasteiger partial charge in [-0.15, -0.1) is 0 Å². The van der Waals surface area contributed by atoms with Crippen molar-refractivity contribution < 1.29 is 14.3 Å². The smallest absolute Gasteiger partial charge is 0.330 e. The highest BCUT2D eigenvalue weighted by Crippen LogP contribution is 2.38. The van der Waals surface area contributed by atoms with E-state index in [0.29, 0.717) is 12.6 Å². The molecule has 1 heterocycles. The second-order valence-corrected chi connectivity index (χ2v) is 11.5. The van der Waals surface area contributed by atoms with E-state index >= 15 is 0 Å². The Balaban J connectivity index is 1.33. The molecule has 6 nitrogen and oxygen atoms in total. The quantitative estimate of drug-likeness (QED) is 0.127. The summed E-state index contributed by atoms with van der Waals surface area (Å²) in [7, 11) is 1.40. The summed E-state index contributed by atoms with van der Waals surface area (Å²) in [6, 6.07) is 22.2. The number of esters is 1. The molecule has 226 valence electrons. The number of likely N-dealkylation sites (N-methyl/N-ethyl adjacent to an activating group) is 1. The maximum atomic E-state index is 11.6. The molecule has 5 rings (SSSR count). The van der Waals surface area contributed by atoms with Crippen LogP contribution in [0.15, 0.2) is 72.9 Å². The molecule has 0 saturated carbocycles. The number of hydrogen-bond donors (Lipinski definition) is 1. The predicted octanol–water partition coefficient (Wildman–Crippen LogP) is 7.12. The van der Waals surface area contributed by atoms with Gasteiger partial charge in [-0.3, -0.25) is 4.90 Å². The molecule has 0 bridgehead atoms. The van der Waals surface area contributed by atoms with Crippen LogP contribution in [0.4, 0.5) is 0 Å². The molecular formula is C37H45N3O3. The van der Waals surface area contributed by atoms with Gasteiger partial charge in [0.2, 0.25) is 0 Å². The number of carbonyl (C=O) groups excluding carboxylic acids is 1. The van der Waals surface area contributed by atoms with Crippen LogP contribution in [0.2, 0.25) is 0 Å². The second-order valence-electron chi connectivity index (χ2n) is 11.5. The average Bonchev–Trinajstić information content (AvgIpc) is 3.64. The van der Waals surface area contributed by atoms with E-state index in [1.165, 1.54) is 51.9 Å². The molecule has 0 aliphatic heterocycles. The minimum atomic E-state index is -0.336. The molecule has 4 aromatic rings. The Morgan fingerprint density at radius 2 is 1.84 bits per heavy atom. The van der Waals surface area contributed by atoms with Gasteiger partial charge in [0.25, 0.3) is 0 Å². The fourth-order valence-electron chi connectivity index (χ4n) is 6.20. The lowest BCUT2D eigenvalue weighted by atomic mass is 10.0. The summed E-state index contributed by atoms with van der Waals surface area (Å²) in [5, 5.41) is 1.31. The van der Waals surface area contributed by atoms with Gasteiger partial charge < -0.3 is 19.4 Å². The van der Waals surface area contributed by atoms with Gasteiger partial charge in [-0.2, -0.15) is 0 Å². The molecule has 43 heavy (non-hydrogen) atoms. The number of carbonyl (C=O) groups is 1. The summed E-state index contributed by atoms with van der Waals surface area (Å²) < 4.78 is 10.8. The van der Waals surface area contributed by atoms with E-state index in [9.17, 15) is 4.79 Å². The summed E-state index contributed by atoms with van der Waals surface area (Å²) in [5.74, 6) is 0.590. The molecule has 0 radical (unpaired) electrons. The Labute approximate surface area is 256 Å². The van der Waals surface area contributed by atoms with Gasteiger partial charge in [0.05, 0.1) is 7.11 Å². The number of aromatic amines is 1. The number of nitrogens with one attached hydrogen (secondary N) is 1. The van der Waals surface area contributed by atoms with Gasteiger partial charge in [0, 0.05) is 48.9 Å². The van der Waals surface area contributed by atoms with Gasteiger partial charge in [0.15, 0.2) is 0 Å². The number of methoxy groups -OCH3 is 1. The second kappa shape index (κ2) is 14.5. The third kappa shape index (κ3) is 7.75. The SMILES string of the molecule is CCN(CC)CCOc1ccc(CN(CCc2c[nH]c3cc(C)ccc23)C2CCc3cc(/C=C/C(=O)OC)ccc32)cc1. The highest BCUT2D eigenvalue weighted by Gasteiger charge is 2.28. The monoisotopic (exact) mass is 579 g/mol. The summed E-state index contributed by atoms with van der Waals surface area (Å²) in [4.78, 5) is 20.1. The summed E-state index contributed by atoms with van der Waals surface area (Å²) in [5.41, 5.74) is 8.91. The third-order valence-corrected chi connectivity index (χ3v) is 8.74. The number of hydrogen-bond acceptors (Lipinski definition) is 5. The first-order valence-electron chi connectivity index (χ1n) is 15.6. The van der Waals surface area contributed by atoms with E-state index in [2.05, 4.69) is 102 Å². The summed E-state index contributed by atoms with van der Waals surface area (Å²) in [6.07, 6.45) is 8.58. The van der Waals surface area contributed by atoms with Crippen LogP contribution in [0.25, 0.3) is 17.0 Å². The Morgan fingerprint density at radius 1 is 1.02 bits per heavy atom. The van der Waals surface area contributed by atoms with Crippen molar-refractivity contribution in [3.8, 4) is 5.75 Å². The molecule has 0 amide bonds. The molecule has 1 unspecified atom stereocenters. The van der Waals surface area contributed by atoms with Crippen LogP contribution < -0.4 is 4.74 Å². The zero-order valence-electron chi connectivity index (χ0n) is 26.1. The summed E-state index contributed by atoms with van der Waals surface area (Å²) in [6.45, 7) is 12.1.